The molecule has 0 saturated heterocycles. The maximum atomic E-state index is 2.17. The van der Waals surface area contributed by atoms with Crippen LogP contribution in [0.4, 0.5) is 0 Å². The largest absolute Gasteiger partial charge is 0.0779 e. The van der Waals surface area contributed by atoms with Crippen molar-refractivity contribution < 1.29 is 0 Å². The van der Waals surface area contributed by atoms with Crippen molar-refractivity contribution in [1.82, 2.24) is 0 Å². The summed E-state index contributed by atoms with van der Waals surface area (Å²) in [6.07, 6.45) is 12.6. The molecule has 0 fully saturated rings. The average molecular weight is 136 g/mol. The topological polar surface area (TPSA) is 0 Å². The first-order valence-electron chi connectivity index (χ1n) is 3.91. The van der Waals surface area contributed by atoms with Crippen molar-refractivity contribution in [2.75, 3.05) is 0 Å². The highest BCUT2D eigenvalue weighted by Crippen LogP contribution is 2.02. The van der Waals surface area contributed by atoms with Crippen LogP contribution in [0.15, 0.2) is 36.5 Å². The maximum absolute atomic E-state index is 2.17. The van der Waals surface area contributed by atoms with Gasteiger partial charge in [0.1, 0.15) is 0 Å². The summed E-state index contributed by atoms with van der Waals surface area (Å²) in [5.41, 5.74) is 0. The SMILES string of the molecule is CC.CC1C=CC=CC=C1. The van der Waals surface area contributed by atoms with Crippen LogP contribution in [0.3, 0.4) is 0 Å². The number of hydrogen-bond donors (Lipinski definition) is 0. The summed E-state index contributed by atoms with van der Waals surface area (Å²) in [5, 5.41) is 0. The van der Waals surface area contributed by atoms with E-state index in [9.17, 15) is 0 Å². The van der Waals surface area contributed by atoms with Gasteiger partial charge in [0.15, 0.2) is 0 Å². The molecular weight excluding hydrogens is 120 g/mol. The van der Waals surface area contributed by atoms with Crippen LogP contribution in [0.1, 0.15) is 20.8 Å². The smallest absolute Gasteiger partial charge is 0.00756 e. The lowest BCUT2D eigenvalue weighted by Crippen LogP contribution is -1.77. The highest BCUT2D eigenvalue weighted by Gasteiger charge is 1.86. The Kier molecular flexibility index (Phi) is 5.85. The Bertz CT molecular complexity index is 122. The van der Waals surface area contributed by atoms with Gasteiger partial charge in [-0.3, -0.25) is 0 Å². The van der Waals surface area contributed by atoms with Gasteiger partial charge in [-0.1, -0.05) is 57.2 Å². The van der Waals surface area contributed by atoms with Crippen molar-refractivity contribution in [3.63, 3.8) is 0 Å². The van der Waals surface area contributed by atoms with Crippen LogP contribution in [0, 0.1) is 5.92 Å². The molecule has 0 heterocycles. The zero-order valence-electron chi connectivity index (χ0n) is 7.04. The average Bonchev–Trinajstić information content (AvgIpc) is 2.21. The van der Waals surface area contributed by atoms with Crippen LogP contribution in [0.5, 0.6) is 0 Å². The zero-order valence-corrected chi connectivity index (χ0v) is 7.04. The first-order chi connectivity index (χ1) is 4.89. The van der Waals surface area contributed by atoms with Crippen LogP contribution in [0.25, 0.3) is 0 Å². The summed E-state index contributed by atoms with van der Waals surface area (Å²) in [6, 6.07) is 0. The second-order valence-corrected chi connectivity index (χ2v) is 2.01. The normalized spacial score (nSPS) is 15.9. The molecule has 1 aliphatic rings. The van der Waals surface area contributed by atoms with Crippen molar-refractivity contribution in [2.45, 2.75) is 20.8 Å². The lowest BCUT2D eigenvalue weighted by Gasteiger charge is -1.90. The van der Waals surface area contributed by atoms with Crippen LogP contribution in [-0.2, 0) is 0 Å². The van der Waals surface area contributed by atoms with E-state index in [1.807, 2.05) is 26.0 Å². The molecule has 1 aliphatic carbocycles. The molecule has 0 atom stereocenters. The number of allylic oxidation sites excluding steroid dienone is 6. The highest BCUT2D eigenvalue weighted by molar-refractivity contribution is 5.18. The first kappa shape index (κ1) is 9.22. The van der Waals surface area contributed by atoms with E-state index in [4.69, 9.17) is 0 Å². The van der Waals surface area contributed by atoms with E-state index in [-0.39, 0.29) is 0 Å². The Morgan fingerprint density at radius 2 is 1.20 bits per heavy atom. The lowest BCUT2D eigenvalue weighted by atomic mass is 10.2. The summed E-state index contributed by atoms with van der Waals surface area (Å²) >= 11 is 0. The van der Waals surface area contributed by atoms with Gasteiger partial charge < -0.3 is 0 Å². The van der Waals surface area contributed by atoms with E-state index in [2.05, 4.69) is 31.2 Å². The summed E-state index contributed by atoms with van der Waals surface area (Å²) < 4.78 is 0. The third kappa shape index (κ3) is 4.13. The predicted octanol–water partition coefficient (Wildman–Crippen LogP) is 3.33. The Balaban J connectivity index is 0.000000371. The minimum Gasteiger partial charge on any atom is -0.0779 e. The van der Waals surface area contributed by atoms with Gasteiger partial charge in [0, 0.05) is 0 Å². The molecule has 1 rings (SSSR count). The summed E-state index contributed by atoms with van der Waals surface area (Å²) in [5.74, 6) is 0.602. The highest BCUT2D eigenvalue weighted by atomic mass is 13.9. The molecule has 10 heavy (non-hydrogen) atoms. The minimum absolute atomic E-state index is 0.602. The first-order valence-corrected chi connectivity index (χ1v) is 3.91. The van der Waals surface area contributed by atoms with Gasteiger partial charge in [-0.2, -0.15) is 0 Å². The summed E-state index contributed by atoms with van der Waals surface area (Å²) in [6.45, 7) is 6.17. The van der Waals surface area contributed by atoms with E-state index in [0.717, 1.165) is 0 Å². The molecule has 56 valence electrons. The molecule has 0 N–H and O–H groups in total. The monoisotopic (exact) mass is 136 g/mol. The van der Waals surface area contributed by atoms with Crippen LogP contribution >= 0.6 is 0 Å². The fourth-order valence-electron chi connectivity index (χ4n) is 0.671. The van der Waals surface area contributed by atoms with Crippen LogP contribution < -0.4 is 0 Å². The molecular formula is C10H16. The van der Waals surface area contributed by atoms with Crippen molar-refractivity contribution in [3.05, 3.63) is 36.5 Å². The molecule has 0 radical (unpaired) electrons. The van der Waals surface area contributed by atoms with Crippen LogP contribution in [-0.4, -0.2) is 0 Å². The molecule has 0 aliphatic heterocycles. The Morgan fingerprint density at radius 1 is 0.800 bits per heavy atom. The minimum atomic E-state index is 0.602. The molecule has 0 unspecified atom stereocenters. The van der Waals surface area contributed by atoms with Crippen molar-refractivity contribution in [3.8, 4) is 0 Å². The molecule has 0 amide bonds. The van der Waals surface area contributed by atoms with E-state index in [1.54, 1.807) is 0 Å². The van der Waals surface area contributed by atoms with E-state index >= 15 is 0 Å². The fourth-order valence-corrected chi connectivity index (χ4v) is 0.671. The third-order valence-electron chi connectivity index (χ3n) is 1.16. The van der Waals surface area contributed by atoms with Gasteiger partial charge in [0.25, 0.3) is 0 Å². The third-order valence-corrected chi connectivity index (χ3v) is 1.16. The van der Waals surface area contributed by atoms with E-state index in [0.29, 0.717) is 5.92 Å². The van der Waals surface area contributed by atoms with Crippen molar-refractivity contribution in [1.29, 1.82) is 0 Å². The van der Waals surface area contributed by atoms with Crippen molar-refractivity contribution >= 4 is 0 Å². The van der Waals surface area contributed by atoms with Gasteiger partial charge >= 0.3 is 0 Å². The second kappa shape index (κ2) is 6.34. The van der Waals surface area contributed by atoms with Gasteiger partial charge in [-0.05, 0) is 5.92 Å². The molecule has 0 aromatic carbocycles. The van der Waals surface area contributed by atoms with Gasteiger partial charge in [0.05, 0.1) is 0 Å². The molecule has 0 saturated carbocycles. The number of rotatable bonds is 0. The van der Waals surface area contributed by atoms with E-state index < -0.39 is 0 Å². The molecule has 0 nitrogen and oxygen atoms in total. The van der Waals surface area contributed by atoms with Gasteiger partial charge in [-0.25, -0.2) is 0 Å². The van der Waals surface area contributed by atoms with Gasteiger partial charge in [-0.15, -0.1) is 0 Å². The van der Waals surface area contributed by atoms with Gasteiger partial charge in [0.2, 0.25) is 0 Å². The quantitative estimate of drug-likeness (QED) is 0.479. The second-order valence-electron chi connectivity index (χ2n) is 2.01. The van der Waals surface area contributed by atoms with Crippen LogP contribution in [0.2, 0.25) is 0 Å². The molecule has 0 spiro atoms. The zero-order chi connectivity index (χ0) is 7.82. The molecule has 0 aromatic rings. The van der Waals surface area contributed by atoms with Crippen molar-refractivity contribution in [2.24, 2.45) is 5.92 Å². The Labute approximate surface area is 64.0 Å². The fraction of sp³-hybridized carbons (Fsp3) is 0.400. The maximum Gasteiger partial charge on any atom is -0.00756 e. The standard InChI is InChI=1S/C8H10.C2H6/c1-8-6-4-2-3-5-7-8;1-2/h2-8H,1H3;1-2H3. The summed E-state index contributed by atoms with van der Waals surface area (Å²) in [4.78, 5) is 0. The lowest BCUT2D eigenvalue weighted by molar-refractivity contribution is 0.943. The predicted molar refractivity (Wildman–Crippen MR) is 47.9 cm³/mol. The Morgan fingerprint density at radius 3 is 1.60 bits per heavy atom. The number of hydrogen-bond acceptors (Lipinski definition) is 0. The Hall–Kier alpha value is -0.780. The molecule has 0 aromatic heterocycles. The summed E-state index contributed by atoms with van der Waals surface area (Å²) in [7, 11) is 0. The molecule has 0 heteroatoms. The molecule has 0 bridgehead atoms. The van der Waals surface area contributed by atoms with E-state index in [1.165, 1.54) is 0 Å².